The van der Waals surface area contributed by atoms with Gasteiger partial charge in [0.15, 0.2) is 0 Å². The quantitative estimate of drug-likeness (QED) is 0.792. The second-order valence-corrected chi connectivity index (χ2v) is 5.17. The van der Waals surface area contributed by atoms with Crippen molar-refractivity contribution in [2.24, 2.45) is 0 Å². The van der Waals surface area contributed by atoms with E-state index in [1.54, 1.807) is 0 Å². The van der Waals surface area contributed by atoms with Gasteiger partial charge in [-0.2, -0.15) is 0 Å². The molecule has 1 N–H and O–H groups in total. The van der Waals surface area contributed by atoms with E-state index in [9.17, 15) is 14.0 Å². The largest absolute Gasteiger partial charge is 0.343 e. The summed E-state index contributed by atoms with van der Waals surface area (Å²) in [6.07, 6.45) is 3.47. The van der Waals surface area contributed by atoms with Crippen LogP contribution in [0.5, 0.6) is 0 Å². The van der Waals surface area contributed by atoms with Crippen LogP contribution in [0.3, 0.4) is 0 Å². The first kappa shape index (κ1) is 14.2. The maximum Gasteiger partial charge on any atom is 0.240 e. The summed E-state index contributed by atoms with van der Waals surface area (Å²) in [7, 11) is 0. The molecule has 2 heterocycles. The van der Waals surface area contributed by atoms with Crippen LogP contribution in [-0.4, -0.2) is 67.1 Å². The molecule has 1 unspecified atom stereocenters. The highest BCUT2D eigenvalue weighted by molar-refractivity contribution is 5.89. The van der Waals surface area contributed by atoms with Crippen molar-refractivity contribution in [2.45, 2.75) is 31.7 Å². The van der Waals surface area contributed by atoms with Crippen LogP contribution in [0.4, 0.5) is 4.39 Å². The predicted octanol–water partition coefficient (Wildman–Crippen LogP) is 0.159. The second kappa shape index (κ2) is 6.84. The number of piperazine rings is 1. The van der Waals surface area contributed by atoms with Crippen LogP contribution in [0.2, 0.25) is 0 Å². The minimum Gasteiger partial charge on any atom is -0.343 e. The average molecular weight is 271 g/mol. The second-order valence-electron chi connectivity index (χ2n) is 5.17. The third-order valence-corrected chi connectivity index (χ3v) is 3.82. The first-order chi connectivity index (χ1) is 9.22. The van der Waals surface area contributed by atoms with Crippen LogP contribution in [0.1, 0.15) is 25.7 Å². The predicted molar refractivity (Wildman–Crippen MR) is 69.4 cm³/mol. The van der Waals surface area contributed by atoms with Crippen molar-refractivity contribution in [3.8, 4) is 0 Å². The number of carbonyl (C=O) groups excluding carboxylic acids is 2. The van der Waals surface area contributed by atoms with Gasteiger partial charge >= 0.3 is 0 Å². The number of hydrogen-bond donors (Lipinski definition) is 1. The van der Waals surface area contributed by atoms with Crippen molar-refractivity contribution < 1.29 is 14.0 Å². The molecular formula is C13H22FN3O2. The molecule has 1 atom stereocenters. The SMILES string of the molecule is O=C(CC1NCCN(CCF)C1=O)N1CCCCC1. The Bertz CT molecular complexity index is 330. The number of amides is 2. The molecule has 0 aromatic rings. The molecule has 19 heavy (non-hydrogen) atoms. The Morgan fingerprint density at radius 3 is 2.68 bits per heavy atom. The fourth-order valence-corrected chi connectivity index (χ4v) is 2.72. The number of nitrogens with zero attached hydrogens (tertiary/aromatic N) is 2. The molecule has 0 spiro atoms. The number of piperidine rings is 1. The van der Waals surface area contributed by atoms with E-state index in [2.05, 4.69) is 5.32 Å². The Kier molecular flexibility index (Phi) is 5.13. The van der Waals surface area contributed by atoms with Crippen molar-refractivity contribution >= 4 is 11.8 Å². The van der Waals surface area contributed by atoms with Gasteiger partial charge in [-0.05, 0) is 19.3 Å². The van der Waals surface area contributed by atoms with E-state index in [4.69, 9.17) is 0 Å². The van der Waals surface area contributed by atoms with E-state index in [0.29, 0.717) is 13.1 Å². The molecule has 6 heteroatoms. The molecule has 2 aliphatic heterocycles. The van der Waals surface area contributed by atoms with Crippen molar-refractivity contribution in [1.29, 1.82) is 0 Å². The third kappa shape index (κ3) is 3.65. The van der Waals surface area contributed by atoms with Crippen molar-refractivity contribution in [1.82, 2.24) is 15.1 Å². The molecule has 0 aliphatic carbocycles. The summed E-state index contributed by atoms with van der Waals surface area (Å²) in [4.78, 5) is 27.5. The maximum absolute atomic E-state index is 12.3. The van der Waals surface area contributed by atoms with Gasteiger partial charge in [0.2, 0.25) is 11.8 Å². The molecule has 2 saturated heterocycles. The minimum absolute atomic E-state index is 0.0349. The van der Waals surface area contributed by atoms with Gasteiger partial charge in [-0.25, -0.2) is 4.39 Å². The number of carbonyl (C=O) groups is 2. The molecule has 2 rings (SSSR count). The summed E-state index contributed by atoms with van der Waals surface area (Å²) < 4.78 is 12.3. The number of halogens is 1. The highest BCUT2D eigenvalue weighted by atomic mass is 19.1. The monoisotopic (exact) mass is 271 g/mol. The van der Waals surface area contributed by atoms with Gasteiger partial charge in [-0.15, -0.1) is 0 Å². The van der Waals surface area contributed by atoms with Gasteiger partial charge in [0, 0.05) is 32.7 Å². The summed E-state index contributed by atoms with van der Waals surface area (Å²) in [6.45, 7) is 2.36. The zero-order valence-electron chi connectivity index (χ0n) is 11.2. The van der Waals surface area contributed by atoms with Crippen LogP contribution < -0.4 is 5.32 Å². The molecule has 0 bridgehead atoms. The van der Waals surface area contributed by atoms with Gasteiger partial charge in [-0.3, -0.25) is 9.59 Å². The number of alkyl halides is 1. The highest BCUT2D eigenvalue weighted by Crippen LogP contribution is 2.12. The number of rotatable bonds is 4. The topological polar surface area (TPSA) is 52.7 Å². The molecule has 0 aromatic heterocycles. The van der Waals surface area contributed by atoms with E-state index < -0.39 is 12.7 Å². The minimum atomic E-state index is -0.529. The van der Waals surface area contributed by atoms with Crippen LogP contribution in [-0.2, 0) is 9.59 Å². The smallest absolute Gasteiger partial charge is 0.240 e. The van der Waals surface area contributed by atoms with E-state index in [-0.39, 0.29) is 24.8 Å². The number of hydrogen-bond acceptors (Lipinski definition) is 3. The maximum atomic E-state index is 12.3. The summed E-state index contributed by atoms with van der Waals surface area (Å²) >= 11 is 0. The fraction of sp³-hybridized carbons (Fsp3) is 0.846. The summed E-state index contributed by atoms with van der Waals surface area (Å²) in [5.41, 5.74) is 0. The van der Waals surface area contributed by atoms with Crippen molar-refractivity contribution in [2.75, 3.05) is 39.4 Å². The summed E-state index contributed by atoms with van der Waals surface area (Å²) in [5.74, 6) is -0.109. The van der Waals surface area contributed by atoms with E-state index >= 15 is 0 Å². The molecule has 2 amide bonds. The number of likely N-dealkylation sites (tertiary alicyclic amines) is 1. The van der Waals surface area contributed by atoms with E-state index in [0.717, 1.165) is 25.9 Å². The van der Waals surface area contributed by atoms with Crippen molar-refractivity contribution in [3.05, 3.63) is 0 Å². The standard InChI is InChI=1S/C13H22FN3O2/c14-4-8-17-9-5-15-11(13(17)19)10-12(18)16-6-2-1-3-7-16/h11,15H,1-10H2. The molecular weight excluding hydrogens is 249 g/mol. The molecule has 5 nitrogen and oxygen atoms in total. The van der Waals surface area contributed by atoms with Gasteiger partial charge in [0.25, 0.3) is 0 Å². The summed E-state index contributed by atoms with van der Waals surface area (Å²) in [6, 6.07) is -0.477. The zero-order valence-corrected chi connectivity index (χ0v) is 11.2. The first-order valence-corrected chi connectivity index (χ1v) is 7.08. The Morgan fingerprint density at radius 1 is 1.26 bits per heavy atom. The lowest BCUT2D eigenvalue weighted by atomic mass is 10.1. The molecule has 2 aliphatic rings. The Morgan fingerprint density at radius 2 is 2.00 bits per heavy atom. The zero-order chi connectivity index (χ0) is 13.7. The Labute approximate surface area is 113 Å². The van der Waals surface area contributed by atoms with Crippen LogP contribution in [0.15, 0.2) is 0 Å². The first-order valence-electron chi connectivity index (χ1n) is 7.08. The van der Waals surface area contributed by atoms with Gasteiger partial charge < -0.3 is 15.1 Å². The summed E-state index contributed by atoms with van der Waals surface area (Å²) in [5, 5.41) is 3.07. The van der Waals surface area contributed by atoms with E-state index in [1.165, 1.54) is 11.3 Å². The fourth-order valence-electron chi connectivity index (χ4n) is 2.72. The van der Waals surface area contributed by atoms with Crippen LogP contribution >= 0.6 is 0 Å². The molecule has 0 radical (unpaired) electrons. The van der Waals surface area contributed by atoms with Crippen LogP contribution in [0, 0.1) is 0 Å². The number of nitrogens with one attached hydrogen (secondary N) is 1. The van der Waals surface area contributed by atoms with Gasteiger partial charge in [0.1, 0.15) is 6.67 Å². The van der Waals surface area contributed by atoms with E-state index in [1.807, 2.05) is 4.90 Å². The molecule has 0 saturated carbocycles. The Balaban J connectivity index is 1.86. The normalized spacial score (nSPS) is 24.7. The Hall–Kier alpha value is -1.17. The lowest BCUT2D eigenvalue weighted by molar-refractivity contribution is -0.141. The molecule has 0 aromatic carbocycles. The highest BCUT2D eigenvalue weighted by Gasteiger charge is 2.31. The molecule has 2 fully saturated rings. The average Bonchev–Trinajstić information content (AvgIpc) is 2.44. The van der Waals surface area contributed by atoms with Gasteiger partial charge in [-0.1, -0.05) is 0 Å². The van der Waals surface area contributed by atoms with Crippen LogP contribution in [0.25, 0.3) is 0 Å². The molecule has 108 valence electrons. The lowest BCUT2D eigenvalue weighted by Gasteiger charge is -2.34. The van der Waals surface area contributed by atoms with Gasteiger partial charge in [0.05, 0.1) is 12.5 Å². The lowest BCUT2D eigenvalue weighted by Crippen LogP contribution is -2.57. The van der Waals surface area contributed by atoms with Crippen molar-refractivity contribution in [3.63, 3.8) is 0 Å². The third-order valence-electron chi connectivity index (χ3n) is 3.82.